The quantitative estimate of drug-likeness (QED) is 0.375. The summed E-state index contributed by atoms with van der Waals surface area (Å²) in [4.78, 5) is 33.3. The molecule has 1 aromatic heterocycles. The molecule has 9 heteroatoms. The van der Waals surface area contributed by atoms with Crippen molar-refractivity contribution in [3.05, 3.63) is 84.2 Å². The monoisotopic (exact) mass is 461 g/mol. The Morgan fingerprint density at radius 2 is 1.94 bits per heavy atom. The van der Waals surface area contributed by atoms with Crippen molar-refractivity contribution in [3.63, 3.8) is 0 Å². The van der Waals surface area contributed by atoms with E-state index >= 15 is 0 Å². The van der Waals surface area contributed by atoms with E-state index in [2.05, 4.69) is 25.9 Å². The number of guanidine groups is 1. The molecule has 4 rings (SSSR count). The van der Waals surface area contributed by atoms with Crippen LogP contribution in [0.4, 0.5) is 11.4 Å². The zero-order valence-corrected chi connectivity index (χ0v) is 18.5. The van der Waals surface area contributed by atoms with Gasteiger partial charge >= 0.3 is 5.97 Å². The van der Waals surface area contributed by atoms with E-state index in [0.29, 0.717) is 17.2 Å². The van der Waals surface area contributed by atoms with E-state index in [1.54, 1.807) is 42.7 Å². The number of carbonyl (C=O) groups excluding carboxylic acids is 1. The Bertz CT molecular complexity index is 1150. The van der Waals surface area contributed by atoms with Crippen LogP contribution in [-0.4, -0.2) is 41.0 Å². The molecule has 0 bridgehead atoms. The molecule has 2 heterocycles. The highest BCUT2D eigenvalue weighted by Gasteiger charge is 2.17. The second kappa shape index (κ2) is 10.6. The number of thioether (sulfide) groups is 1. The molecule has 1 atom stereocenters. The molecule has 8 nitrogen and oxygen atoms in total. The van der Waals surface area contributed by atoms with Gasteiger partial charge in [0.1, 0.15) is 0 Å². The Balaban J connectivity index is 1.40. The Hall–Kier alpha value is -3.85. The molecule has 1 aliphatic rings. The topological polar surface area (TPSA) is 116 Å². The molecule has 0 saturated heterocycles. The van der Waals surface area contributed by atoms with Crippen molar-refractivity contribution in [2.24, 2.45) is 4.99 Å². The zero-order chi connectivity index (χ0) is 23.0. The van der Waals surface area contributed by atoms with Gasteiger partial charge in [-0.1, -0.05) is 12.1 Å². The molecule has 0 radical (unpaired) electrons. The third-order valence-corrected chi connectivity index (χ3v) is 6.14. The molecular weight excluding hydrogens is 438 g/mol. The van der Waals surface area contributed by atoms with Crippen molar-refractivity contribution in [1.82, 2.24) is 10.3 Å². The van der Waals surface area contributed by atoms with E-state index in [0.717, 1.165) is 29.2 Å². The van der Waals surface area contributed by atoms with Crippen LogP contribution in [-0.2, 0) is 4.79 Å². The highest BCUT2D eigenvalue weighted by Crippen LogP contribution is 2.37. The molecule has 2 aromatic carbocycles. The third kappa shape index (κ3) is 6.33. The molecule has 3 aromatic rings. The minimum absolute atomic E-state index is 0.0127. The van der Waals surface area contributed by atoms with Crippen LogP contribution in [0.25, 0.3) is 0 Å². The number of carbonyl (C=O) groups is 2. The van der Waals surface area contributed by atoms with Gasteiger partial charge in [0, 0.05) is 46.0 Å². The van der Waals surface area contributed by atoms with Crippen LogP contribution in [0.2, 0.25) is 0 Å². The second-order valence-electron chi connectivity index (χ2n) is 7.33. The van der Waals surface area contributed by atoms with Gasteiger partial charge in [0.25, 0.3) is 5.91 Å². The van der Waals surface area contributed by atoms with Crippen LogP contribution < -0.4 is 16.0 Å². The van der Waals surface area contributed by atoms with Crippen molar-refractivity contribution in [1.29, 1.82) is 0 Å². The number of pyridine rings is 1. The number of aliphatic carboxylic acids is 1. The first-order valence-corrected chi connectivity index (χ1v) is 11.3. The lowest BCUT2D eigenvalue weighted by Crippen LogP contribution is -2.26. The van der Waals surface area contributed by atoms with Gasteiger partial charge in [-0.3, -0.25) is 19.6 Å². The summed E-state index contributed by atoms with van der Waals surface area (Å²) in [5.41, 5.74) is 2.81. The smallest absolute Gasteiger partial charge is 0.304 e. The number of hydrogen-bond donors (Lipinski definition) is 4. The molecular formula is C24H23N5O3S. The Morgan fingerprint density at radius 1 is 1.09 bits per heavy atom. The van der Waals surface area contributed by atoms with Crippen molar-refractivity contribution in [3.8, 4) is 0 Å². The largest absolute Gasteiger partial charge is 0.481 e. The first-order valence-electron chi connectivity index (χ1n) is 10.4. The summed E-state index contributed by atoms with van der Waals surface area (Å²) in [5, 5.41) is 18.2. The van der Waals surface area contributed by atoms with Gasteiger partial charge in [-0.2, -0.15) is 0 Å². The SMILES string of the molecule is O=C(O)CC(Sc1ccc(NC(=O)c2cccc(NC3=NCCN3)c2)cc1)c1cccnc1. The van der Waals surface area contributed by atoms with Crippen LogP contribution in [0, 0.1) is 0 Å². The number of aliphatic imine (C=N–C) groups is 1. The number of nitrogens with zero attached hydrogens (tertiary/aromatic N) is 2. The number of hydrogen-bond acceptors (Lipinski definition) is 7. The lowest BCUT2D eigenvalue weighted by atomic mass is 10.1. The summed E-state index contributed by atoms with van der Waals surface area (Å²) in [6, 6.07) is 18.2. The maximum atomic E-state index is 12.7. The number of benzene rings is 2. The Morgan fingerprint density at radius 3 is 2.64 bits per heavy atom. The standard InChI is InChI=1S/C24H23N5O3S/c30-22(31)14-21(17-4-2-10-25-15-17)33-20-8-6-18(7-9-20)28-23(32)16-3-1-5-19(13-16)29-24-26-11-12-27-24/h1-10,13,15,21H,11-12,14H2,(H,28,32)(H,30,31)(H2,26,27,29). The van der Waals surface area contributed by atoms with Crippen LogP contribution in [0.15, 0.2) is 82.9 Å². The van der Waals surface area contributed by atoms with Gasteiger partial charge in [0.15, 0.2) is 5.96 Å². The fourth-order valence-corrected chi connectivity index (χ4v) is 4.42. The number of rotatable bonds is 8. The summed E-state index contributed by atoms with van der Waals surface area (Å²) < 4.78 is 0. The van der Waals surface area contributed by atoms with Gasteiger partial charge in [-0.25, -0.2) is 0 Å². The van der Waals surface area contributed by atoms with Gasteiger partial charge < -0.3 is 21.1 Å². The van der Waals surface area contributed by atoms with Gasteiger partial charge in [-0.15, -0.1) is 11.8 Å². The highest BCUT2D eigenvalue weighted by molar-refractivity contribution is 7.99. The molecule has 168 valence electrons. The number of anilines is 2. The lowest BCUT2D eigenvalue weighted by Gasteiger charge is -2.15. The lowest BCUT2D eigenvalue weighted by molar-refractivity contribution is -0.137. The average Bonchev–Trinajstić information content (AvgIpc) is 3.33. The van der Waals surface area contributed by atoms with Crippen LogP contribution in [0.1, 0.15) is 27.6 Å². The minimum atomic E-state index is -0.868. The van der Waals surface area contributed by atoms with Crippen LogP contribution >= 0.6 is 11.8 Å². The average molecular weight is 462 g/mol. The van der Waals surface area contributed by atoms with Crippen molar-refractivity contribution in [2.45, 2.75) is 16.6 Å². The van der Waals surface area contributed by atoms with Gasteiger partial charge in [-0.05, 0) is 54.1 Å². The van der Waals surface area contributed by atoms with Crippen LogP contribution in [0.3, 0.4) is 0 Å². The van der Waals surface area contributed by atoms with Crippen LogP contribution in [0.5, 0.6) is 0 Å². The third-order valence-electron chi connectivity index (χ3n) is 4.87. The van der Waals surface area contributed by atoms with Crippen molar-refractivity contribution >= 4 is 41.0 Å². The van der Waals surface area contributed by atoms with E-state index in [4.69, 9.17) is 0 Å². The fourth-order valence-electron chi connectivity index (χ4n) is 3.29. The van der Waals surface area contributed by atoms with Crippen molar-refractivity contribution in [2.75, 3.05) is 23.7 Å². The second-order valence-corrected chi connectivity index (χ2v) is 8.61. The molecule has 0 spiro atoms. The maximum Gasteiger partial charge on any atom is 0.304 e. The molecule has 1 unspecified atom stereocenters. The molecule has 0 fully saturated rings. The Labute approximate surface area is 195 Å². The van der Waals surface area contributed by atoms with Gasteiger partial charge in [0.2, 0.25) is 0 Å². The Kier molecular flexibility index (Phi) is 7.21. The predicted molar refractivity (Wildman–Crippen MR) is 130 cm³/mol. The number of aromatic nitrogens is 1. The summed E-state index contributed by atoms with van der Waals surface area (Å²) in [6.07, 6.45) is 3.34. The number of amides is 1. The summed E-state index contributed by atoms with van der Waals surface area (Å²) in [6.45, 7) is 1.53. The van der Waals surface area contributed by atoms with E-state index in [1.165, 1.54) is 11.8 Å². The summed E-state index contributed by atoms with van der Waals surface area (Å²) >= 11 is 1.45. The number of carboxylic acid groups (broad SMARTS) is 1. The van der Waals surface area contributed by atoms with E-state index in [-0.39, 0.29) is 17.6 Å². The summed E-state index contributed by atoms with van der Waals surface area (Å²) in [7, 11) is 0. The van der Waals surface area contributed by atoms with E-state index in [1.807, 2.05) is 30.3 Å². The number of carboxylic acids is 1. The molecule has 1 amide bonds. The fraction of sp³-hybridized carbons (Fsp3) is 0.167. The van der Waals surface area contributed by atoms with Crippen molar-refractivity contribution < 1.29 is 14.7 Å². The number of nitrogens with one attached hydrogen (secondary N) is 3. The molecule has 0 saturated carbocycles. The first kappa shape index (κ1) is 22.3. The normalized spacial score (nSPS) is 13.5. The minimum Gasteiger partial charge on any atom is -0.481 e. The molecule has 0 aliphatic carbocycles. The highest BCUT2D eigenvalue weighted by atomic mass is 32.2. The maximum absolute atomic E-state index is 12.7. The summed E-state index contributed by atoms with van der Waals surface area (Å²) in [5.74, 6) is -0.389. The van der Waals surface area contributed by atoms with E-state index in [9.17, 15) is 14.7 Å². The zero-order valence-electron chi connectivity index (χ0n) is 17.7. The predicted octanol–water partition coefficient (Wildman–Crippen LogP) is 4.01. The van der Waals surface area contributed by atoms with Gasteiger partial charge in [0.05, 0.1) is 13.0 Å². The molecule has 1 aliphatic heterocycles. The van der Waals surface area contributed by atoms with E-state index < -0.39 is 5.97 Å². The first-order chi connectivity index (χ1) is 16.1. The molecule has 33 heavy (non-hydrogen) atoms. The molecule has 4 N–H and O–H groups in total.